The van der Waals surface area contributed by atoms with Crippen molar-refractivity contribution >= 4 is 29.5 Å². The Hall–Kier alpha value is -4.39. The molecular formula is C24H19N2O5-. The molecule has 2 amide bonds. The summed E-state index contributed by atoms with van der Waals surface area (Å²) in [7, 11) is 1.55. The van der Waals surface area contributed by atoms with Gasteiger partial charge in [-0.15, -0.1) is 0 Å². The molecular weight excluding hydrogens is 396 g/mol. The van der Waals surface area contributed by atoms with Crippen LogP contribution in [0.15, 0.2) is 84.6 Å². The van der Waals surface area contributed by atoms with Gasteiger partial charge < -0.3 is 25.3 Å². The van der Waals surface area contributed by atoms with Crippen LogP contribution in [0.3, 0.4) is 0 Å². The largest absolute Gasteiger partial charge is 0.545 e. The van der Waals surface area contributed by atoms with Gasteiger partial charge in [0.05, 0.1) is 13.1 Å². The maximum absolute atomic E-state index is 12.9. The first-order valence-electron chi connectivity index (χ1n) is 9.31. The van der Waals surface area contributed by atoms with E-state index in [0.29, 0.717) is 16.9 Å². The number of ether oxygens (including phenoxy) is 1. The van der Waals surface area contributed by atoms with Crippen molar-refractivity contribution in [1.29, 1.82) is 0 Å². The van der Waals surface area contributed by atoms with Crippen LogP contribution in [0.25, 0.3) is 6.08 Å². The number of carbonyl (C=O) groups excluding carboxylic acids is 3. The number of hydrogen-bond donors (Lipinski definition) is 2. The Balaban J connectivity index is 1.89. The Bertz CT molecular complexity index is 1120. The van der Waals surface area contributed by atoms with Gasteiger partial charge in [0.25, 0.3) is 11.8 Å². The van der Waals surface area contributed by atoms with Crippen LogP contribution in [0.1, 0.15) is 26.3 Å². The van der Waals surface area contributed by atoms with Gasteiger partial charge in [-0.05, 0) is 53.6 Å². The van der Waals surface area contributed by atoms with E-state index in [4.69, 9.17) is 4.74 Å². The molecule has 156 valence electrons. The smallest absolute Gasteiger partial charge is 0.272 e. The van der Waals surface area contributed by atoms with Crippen LogP contribution in [-0.4, -0.2) is 24.9 Å². The second kappa shape index (κ2) is 9.89. The summed E-state index contributed by atoms with van der Waals surface area (Å²) in [5.41, 5.74) is 1.20. The number of carboxylic acid groups (broad SMARTS) is 1. The molecule has 7 nitrogen and oxygen atoms in total. The summed E-state index contributed by atoms with van der Waals surface area (Å²) in [5, 5.41) is 16.3. The summed E-state index contributed by atoms with van der Waals surface area (Å²) >= 11 is 0. The van der Waals surface area contributed by atoms with Crippen molar-refractivity contribution in [3.05, 3.63) is 101 Å². The number of benzene rings is 3. The maximum atomic E-state index is 12.9. The average molecular weight is 415 g/mol. The van der Waals surface area contributed by atoms with Crippen molar-refractivity contribution in [3.8, 4) is 5.75 Å². The zero-order valence-corrected chi connectivity index (χ0v) is 16.6. The van der Waals surface area contributed by atoms with Crippen LogP contribution in [0.5, 0.6) is 5.75 Å². The molecule has 3 aromatic carbocycles. The number of carboxylic acids is 1. The normalized spacial score (nSPS) is 10.8. The van der Waals surface area contributed by atoms with Crippen LogP contribution in [0, 0.1) is 0 Å². The molecule has 7 heteroatoms. The van der Waals surface area contributed by atoms with Gasteiger partial charge in [-0.3, -0.25) is 9.59 Å². The van der Waals surface area contributed by atoms with Crippen LogP contribution in [-0.2, 0) is 4.79 Å². The fourth-order valence-electron chi connectivity index (χ4n) is 2.73. The molecule has 31 heavy (non-hydrogen) atoms. The molecule has 0 radical (unpaired) electrons. The van der Waals surface area contributed by atoms with Crippen molar-refractivity contribution in [3.63, 3.8) is 0 Å². The zero-order valence-electron chi connectivity index (χ0n) is 16.6. The van der Waals surface area contributed by atoms with Gasteiger partial charge in [-0.1, -0.05) is 42.5 Å². The molecule has 3 rings (SSSR count). The van der Waals surface area contributed by atoms with E-state index in [1.807, 2.05) is 0 Å². The number of nitrogens with one attached hydrogen (secondary N) is 2. The Kier molecular flexibility index (Phi) is 6.80. The molecule has 0 saturated carbocycles. The van der Waals surface area contributed by atoms with Gasteiger partial charge in [-0.2, -0.15) is 0 Å². The average Bonchev–Trinajstić information content (AvgIpc) is 2.79. The van der Waals surface area contributed by atoms with Gasteiger partial charge in [0.15, 0.2) is 0 Å². The molecule has 0 aliphatic rings. The molecule has 0 heterocycles. The fraction of sp³-hybridized carbons (Fsp3) is 0.0417. The number of carbonyl (C=O) groups is 3. The maximum Gasteiger partial charge on any atom is 0.272 e. The quantitative estimate of drug-likeness (QED) is 0.577. The molecule has 0 atom stereocenters. The highest BCUT2D eigenvalue weighted by molar-refractivity contribution is 6.10. The molecule has 0 aliphatic carbocycles. The highest BCUT2D eigenvalue weighted by Gasteiger charge is 2.15. The summed E-state index contributed by atoms with van der Waals surface area (Å²) in [5.74, 6) is -1.78. The summed E-state index contributed by atoms with van der Waals surface area (Å²) in [6, 6.07) is 21.0. The first-order valence-corrected chi connectivity index (χ1v) is 9.31. The Labute approximate surface area is 179 Å². The fourth-order valence-corrected chi connectivity index (χ4v) is 2.73. The van der Waals surface area contributed by atoms with Gasteiger partial charge in [0, 0.05) is 11.3 Å². The topological polar surface area (TPSA) is 108 Å². The molecule has 0 fully saturated rings. The molecule has 0 aromatic heterocycles. The van der Waals surface area contributed by atoms with Crippen molar-refractivity contribution in [2.45, 2.75) is 0 Å². The summed E-state index contributed by atoms with van der Waals surface area (Å²) in [6.45, 7) is 0. The van der Waals surface area contributed by atoms with E-state index >= 15 is 0 Å². The standard InChI is InChI=1S/C24H20N2O5/c1-31-20-12-10-16(11-13-20)14-21(26-22(27)17-6-3-2-4-7-17)23(28)25-19-9-5-8-18(15-19)24(29)30/h2-15H,1H3,(H,25,28)(H,26,27)(H,29,30)/p-1/b21-14+. The highest BCUT2D eigenvalue weighted by Crippen LogP contribution is 2.16. The molecule has 0 aliphatic heterocycles. The number of aromatic carboxylic acids is 1. The lowest BCUT2D eigenvalue weighted by Gasteiger charge is -2.12. The van der Waals surface area contributed by atoms with Crippen LogP contribution < -0.4 is 20.5 Å². The molecule has 0 spiro atoms. The van der Waals surface area contributed by atoms with E-state index in [1.54, 1.807) is 61.7 Å². The predicted octanol–water partition coefficient (Wildman–Crippen LogP) is 2.47. The lowest BCUT2D eigenvalue weighted by Crippen LogP contribution is -2.30. The van der Waals surface area contributed by atoms with E-state index in [1.165, 1.54) is 30.3 Å². The number of anilines is 1. The number of methoxy groups -OCH3 is 1. The van der Waals surface area contributed by atoms with Crippen molar-refractivity contribution < 1.29 is 24.2 Å². The van der Waals surface area contributed by atoms with Gasteiger partial charge in [0.1, 0.15) is 11.4 Å². The van der Waals surface area contributed by atoms with E-state index in [9.17, 15) is 19.5 Å². The second-order valence-corrected chi connectivity index (χ2v) is 6.47. The molecule has 0 unspecified atom stereocenters. The van der Waals surface area contributed by atoms with Gasteiger partial charge >= 0.3 is 0 Å². The SMILES string of the molecule is COc1ccc(/C=C(/NC(=O)c2ccccc2)C(=O)Nc2cccc(C(=O)[O-])c2)cc1. The van der Waals surface area contributed by atoms with Crippen molar-refractivity contribution in [2.75, 3.05) is 12.4 Å². The minimum atomic E-state index is -1.36. The second-order valence-electron chi connectivity index (χ2n) is 6.47. The van der Waals surface area contributed by atoms with Crippen LogP contribution in [0.4, 0.5) is 5.69 Å². The Morgan fingerprint density at radius 1 is 0.871 bits per heavy atom. The lowest BCUT2D eigenvalue weighted by atomic mass is 10.1. The van der Waals surface area contributed by atoms with E-state index < -0.39 is 17.8 Å². The van der Waals surface area contributed by atoms with Crippen molar-refractivity contribution in [2.24, 2.45) is 0 Å². The van der Waals surface area contributed by atoms with E-state index in [-0.39, 0.29) is 16.9 Å². The lowest BCUT2D eigenvalue weighted by molar-refractivity contribution is -0.255. The minimum absolute atomic E-state index is 0.0159. The van der Waals surface area contributed by atoms with E-state index in [0.717, 1.165) is 0 Å². The van der Waals surface area contributed by atoms with Gasteiger partial charge in [0.2, 0.25) is 0 Å². The first-order chi connectivity index (χ1) is 15.0. The third-order valence-corrected chi connectivity index (χ3v) is 4.31. The predicted molar refractivity (Wildman–Crippen MR) is 114 cm³/mol. The van der Waals surface area contributed by atoms with E-state index in [2.05, 4.69) is 10.6 Å². The first kappa shape index (κ1) is 21.3. The third kappa shape index (κ3) is 5.80. The molecule has 3 aromatic rings. The third-order valence-electron chi connectivity index (χ3n) is 4.31. The summed E-state index contributed by atoms with van der Waals surface area (Å²) in [6.07, 6.45) is 1.51. The number of hydrogen-bond acceptors (Lipinski definition) is 5. The minimum Gasteiger partial charge on any atom is -0.545 e. The zero-order chi connectivity index (χ0) is 22.2. The summed E-state index contributed by atoms with van der Waals surface area (Å²) < 4.78 is 5.13. The number of rotatable bonds is 7. The monoisotopic (exact) mass is 415 g/mol. The highest BCUT2D eigenvalue weighted by atomic mass is 16.5. The Morgan fingerprint density at radius 3 is 2.19 bits per heavy atom. The summed E-state index contributed by atoms with van der Waals surface area (Å²) in [4.78, 5) is 36.6. The molecule has 0 saturated heterocycles. The van der Waals surface area contributed by atoms with Crippen LogP contribution >= 0.6 is 0 Å². The van der Waals surface area contributed by atoms with Crippen LogP contribution in [0.2, 0.25) is 0 Å². The van der Waals surface area contributed by atoms with Crippen molar-refractivity contribution in [1.82, 2.24) is 5.32 Å². The van der Waals surface area contributed by atoms with Gasteiger partial charge in [-0.25, -0.2) is 0 Å². The number of amides is 2. The molecule has 2 N–H and O–H groups in total. The Morgan fingerprint density at radius 2 is 1.55 bits per heavy atom. The molecule has 0 bridgehead atoms.